The van der Waals surface area contributed by atoms with Crippen molar-refractivity contribution in [2.24, 2.45) is 0 Å². The van der Waals surface area contributed by atoms with E-state index in [2.05, 4.69) is 20.2 Å². The van der Waals surface area contributed by atoms with Crippen molar-refractivity contribution in [3.05, 3.63) is 53.5 Å². The lowest BCUT2D eigenvalue weighted by molar-refractivity contribution is -0.137. The summed E-state index contributed by atoms with van der Waals surface area (Å²) in [7, 11) is 0. The van der Waals surface area contributed by atoms with Crippen molar-refractivity contribution in [1.29, 1.82) is 5.26 Å². The van der Waals surface area contributed by atoms with Gasteiger partial charge in [-0.25, -0.2) is 9.97 Å². The zero-order valence-corrected chi connectivity index (χ0v) is 14.0. The van der Waals surface area contributed by atoms with Crippen molar-refractivity contribution in [2.45, 2.75) is 31.6 Å². The monoisotopic (exact) mass is 361 g/mol. The van der Waals surface area contributed by atoms with Crippen LogP contribution in [0.25, 0.3) is 0 Å². The average Bonchev–Trinajstić information content (AvgIpc) is 2.63. The third-order valence-corrected chi connectivity index (χ3v) is 4.39. The Balaban J connectivity index is 1.55. The van der Waals surface area contributed by atoms with Gasteiger partial charge in [0.25, 0.3) is 0 Å². The van der Waals surface area contributed by atoms with Gasteiger partial charge in [0.2, 0.25) is 0 Å². The first kappa shape index (κ1) is 18.1. The van der Waals surface area contributed by atoms with Gasteiger partial charge in [0.15, 0.2) is 11.5 Å². The second kappa shape index (κ2) is 7.70. The Kier molecular flexibility index (Phi) is 5.38. The fraction of sp³-hybridized carbons (Fsp3) is 0.389. The summed E-state index contributed by atoms with van der Waals surface area (Å²) >= 11 is 0. The predicted molar refractivity (Wildman–Crippen MR) is 90.1 cm³/mol. The quantitative estimate of drug-likeness (QED) is 0.904. The van der Waals surface area contributed by atoms with E-state index in [0.29, 0.717) is 17.9 Å². The number of alkyl halides is 3. The summed E-state index contributed by atoms with van der Waals surface area (Å²) in [6.07, 6.45) is 0.330. The SMILES string of the molecule is N#Cc1nccnc1NC1CCN(Cc2cccc(C(F)(F)F)c2)CC1. The summed E-state index contributed by atoms with van der Waals surface area (Å²) in [6, 6.07) is 7.64. The second-order valence-electron chi connectivity index (χ2n) is 6.26. The van der Waals surface area contributed by atoms with E-state index in [0.717, 1.165) is 32.0 Å². The molecular weight excluding hydrogens is 343 g/mol. The molecule has 0 atom stereocenters. The number of nitrogens with one attached hydrogen (secondary N) is 1. The van der Waals surface area contributed by atoms with Crippen molar-refractivity contribution in [2.75, 3.05) is 18.4 Å². The third-order valence-electron chi connectivity index (χ3n) is 4.39. The molecule has 2 heterocycles. The van der Waals surface area contributed by atoms with E-state index >= 15 is 0 Å². The highest BCUT2D eigenvalue weighted by Crippen LogP contribution is 2.30. The zero-order valence-electron chi connectivity index (χ0n) is 14.0. The van der Waals surface area contributed by atoms with E-state index in [1.54, 1.807) is 6.07 Å². The standard InChI is InChI=1S/C18H18F3N5/c19-18(20,21)14-3-1-2-13(10-14)12-26-8-4-15(5-9-26)25-17-16(11-22)23-6-7-24-17/h1-3,6-7,10,15H,4-5,8-9,12H2,(H,24,25). The zero-order chi connectivity index (χ0) is 18.6. The molecule has 0 bridgehead atoms. The molecule has 1 saturated heterocycles. The molecule has 136 valence electrons. The van der Waals surface area contributed by atoms with Gasteiger partial charge in [0.1, 0.15) is 6.07 Å². The molecule has 3 rings (SSSR count). The van der Waals surface area contributed by atoms with Gasteiger partial charge >= 0.3 is 6.18 Å². The minimum atomic E-state index is -4.32. The third kappa shape index (κ3) is 4.49. The van der Waals surface area contributed by atoms with Crippen molar-refractivity contribution in [3.8, 4) is 6.07 Å². The summed E-state index contributed by atoms with van der Waals surface area (Å²) in [5, 5.41) is 12.3. The van der Waals surface area contributed by atoms with Gasteiger partial charge in [-0.05, 0) is 24.5 Å². The smallest absolute Gasteiger partial charge is 0.365 e. The van der Waals surface area contributed by atoms with E-state index < -0.39 is 11.7 Å². The number of anilines is 1. The van der Waals surface area contributed by atoms with E-state index in [9.17, 15) is 13.2 Å². The highest BCUT2D eigenvalue weighted by Gasteiger charge is 2.30. The van der Waals surface area contributed by atoms with Crippen LogP contribution in [0, 0.1) is 11.3 Å². The van der Waals surface area contributed by atoms with Crippen LogP contribution in [-0.4, -0.2) is 34.0 Å². The molecule has 0 unspecified atom stereocenters. The van der Waals surface area contributed by atoms with Gasteiger partial charge in [0.05, 0.1) is 5.56 Å². The first-order chi connectivity index (χ1) is 12.5. The van der Waals surface area contributed by atoms with E-state index in [1.165, 1.54) is 24.5 Å². The molecule has 0 aliphatic carbocycles. The molecule has 5 nitrogen and oxygen atoms in total. The molecule has 0 spiro atoms. The van der Waals surface area contributed by atoms with Crippen molar-refractivity contribution in [3.63, 3.8) is 0 Å². The Hall–Kier alpha value is -2.66. The van der Waals surface area contributed by atoms with Gasteiger partial charge in [-0.3, -0.25) is 4.90 Å². The fourth-order valence-corrected chi connectivity index (χ4v) is 3.06. The van der Waals surface area contributed by atoms with Crippen LogP contribution in [0.5, 0.6) is 0 Å². The maximum Gasteiger partial charge on any atom is 0.416 e. The Bertz CT molecular complexity index is 792. The number of nitrogens with zero attached hydrogens (tertiary/aromatic N) is 4. The normalized spacial score (nSPS) is 16.2. The number of halogens is 3. The highest BCUT2D eigenvalue weighted by molar-refractivity contribution is 5.47. The lowest BCUT2D eigenvalue weighted by atomic mass is 10.0. The summed E-state index contributed by atoms with van der Waals surface area (Å²) in [4.78, 5) is 10.3. The number of benzene rings is 1. The van der Waals surface area contributed by atoms with Crippen LogP contribution in [-0.2, 0) is 12.7 Å². The molecule has 2 aromatic rings. The molecule has 0 radical (unpaired) electrons. The minimum absolute atomic E-state index is 0.163. The topological polar surface area (TPSA) is 64.8 Å². The van der Waals surface area contributed by atoms with E-state index in [-0.39, 0.29) is 11.7 Å². The van der Waals surface area contributed by atoms with Crippen LogP contribution in [0.4, 0.5) is 19.0 Å². The number of likely N-dealkylation sites (tertiary alicyclic amines) is 1. The maximum absolute atomic E-state index is 12.8. The first-order valence-corrected chi connectivity index (χ1v) is 8.32. The molecule has 1 aliphatic rings. The summed E-state index contributed by atoms with van der Waals surface area (Å²) in [5.74, 6) is 0.478. The van der Waals surface area contributed by atoms with Gasteiger partial charge < -0.3 is 5.32 Å². The first-order valence-electron chi connectivity index (χ1n) is 8.32. The molecule has 0 saturated carbocycles. The number of aromatic nitrogens is 2. The van der Waals surface area contributed by atoms with Crippen LogP contribution < -0.4 is 5.32 Å². The van der Waals surface area contributed by atoms with E-state index in [1.807, 2.05) is 6.07 Å². The number of piperidine rings is 1. The molecule has 8 heteroatoms. The number of hydrogen-bond donors (Lipinski definition) is 1. The number of hydrogen-bond acceptors (Lipinski definition) is 5. The lowest BCUT2D eigenvalue weighted by Crippen LogP contribution is -2.39. The molecule has 0 amide bonds. The molecule has 1 N–H and O–H groups in total. The molecule has 1 aromatic carbocycles. The Labute approximate surface area is 149 Å². The largest absolute Gasteiger partial charge is 0.416 e. The Morgan fingerprint density at radius 2 is 1.92 bits per heavy atom. The van der Waals surface area contributed by atoms with Crippen molar-refractivity contribution < 1.29 is 13.2 Å². The van der Waals surface area contributed by atoms with E-state index in [4.69, 9.17) is 5.26 Å². The Morgan fingerprint density at radius 3 is 2.62 bits per heavy atom. The summed E-state index contributed by atoms with van der Waals surface area (Å²) in [6.45, 7) is 2.01. The van der Waals surface area contributed by atoms with Crippen LogP contribution in [0.3, 0.4) is 0 Å². The fourth-order valence-electron chi connectivity index (χ4n) is 3.06. The average molecular weight is 361 g/mol. The van der Waals surface area contributed by atoms with Gasteiger partial charge in [-0.1, -0.05) is 18.2 Å². The molecular formula is C18H18F3N5. The van der Waals surface area contributed by atoms with Crippen LogP contribution in [0.2, 0.25) is 0 Å². The Morgan fingerprint density at radius 1 is 1.19 bits per heavy atom. The van der Waals surface area contributed by atoms with Gasteiger partial charge in [-0.2, -0.15) is 18.4 Å². The van der Waals surface area contributed by atoms with Gasteiger partial charge in [-0.15, -0.1) is 0 Å². The van der Waals surface area contributed by atoms with Crippen LogP contribution in [0.15, 0.2) is 36.7 Å². The minimum Gasteiger partial charge on any atom is -0.365 e. The lowest BCUT2D eigenvalue weighted by Gasteiger charge is -2.32. The van der Waals surface area contributed by atoms with Crippen LogP contribution >= 0.6 is 0 Å². The second-order valence-corrected chi connectivity index (χ2v) is 6.26. The van der Waals surface area contributed by atoms with Gasteiger partial charge in [0, 0.05) is 38.1 Å². The highest BCUT2D eigenvalue weighted by atomic mass is 19.4. The molecule has 1 aromatic heterocycles. The predicted octanol–water partition coefficient (Wildman–Crippen LogP) is 3.44. The van der Waals surface area contributed by atoms with Crippen molar-refractivity contribution in [1.82, 2.24) is 14.9 Å². The van der Waals surface area contributed by atoms with Crippen molar-refractivity contribution >= 4 is 5.82 Å². The summed E-state index contributed by atoms with van der Waals surface area (Å²) in [5.41, 5.74) is 0.309. The molecule has 26 heavy (non-hydrogen) atoms. The molecule has 1 fully saturated rings. The maximum atomic E-state index is 12.8. The van der Waals surface area contributed by atoms with Crippen LogP contribution in [0.1, 0.15) is 29.7 Å². The summed E-state index contributed by atoms with van der Waals surface area (Å²) < 4.78 is 38.4. The number of rotatable bonds is 4. The molecule has 1 aliphatic heterocycles. The number of nitriles is 1.